The van der Waals surface area contributed by atoms with Gasteiger partial charge >= 0.3 is 5.97 Å². The van der Waals surface area contributed by atoms with E-state index in [1.165, 1.54) is 45.9 Å². The molecule has 26 heavy (non-hydrogen) atoms. The quantitative estimate of drug-likeness (QED) is 0.468. The van der Waals surface area contributed by atoms with Gasteiger partial charge in [-0.1, -0.05) is 19.4 Å². The fourth-order valence-corrected chi connectivity index (χ4v) is 5.35. The highest BCUT2D eigenvalue weighted by Crippen LogP contribution is 2.45. The van der Waals surface area contributed by atoms with Gasteiger partial charge in [0.2, 0.25) is 0 Å². The molecular formula is C20H22N2O2S2. The number of hydrogen-bond acceptors (Lipinski definition) is 6. The number of nitrogen functional groups attached to an aromatic ring is 1. The van der Waals surface area contributed by atoms with Gasteiger partial charge in [0, 0.05) is 21.5 Å². The first-order valence-electron chi connectivity index (χ1n) is 9.15. The van der Waals surface area contributed by atoms with Crippen molar-refractivity contribution in [2.24, 2.45) is 0 Å². The SMILES string of the molecule is CCCCOC(=O)c1sc2nc3c(c(-c4cccs4)c2c1N)CCCC3. The van der Waals surface area contributed by atoms with E-state index >= 15 is 0 Å². The topological polar surface area (TPSA) is 65.2 Å². The molecule has 0 amide bonds. The lowest BCUT2D eigenvalue weighted by Crippen LogP contribution is -2.08. The summed E-state index contributed by atoms with van der Waals surface area (Å²) in [6.45, 7) is 2.51. The van der Waals surface area contributed by atoms with E-state index in [1.54, 1.807) is 11.3 Å². The van der Waals surface area contributed by atoms with Crippen molar-refractivity contribution in [2.45, 2.75) is 45.4 Å². The van der Waals surface area contributed by atoms with E-state index in [0.29, 0.717) is 17.2 Å². The third-order valence-corrected chi connectivity index (χ3v) is 6.80. The molecule has 0 unspecified atom stereocenters. The number of pyridine rings is 1. The summed E-state index contributed by atoms with van der Waals surface area (Å²) in [7, 11) is 0. The normalized spacial score (nSPS) is 13.7. The number of fused-ring (bicyclic) bond motifs is 2. The van der Waals surface area contributed by atoms with Gasteiger partial charge in [0.25, 0.3) is 0 Å². The number of nitrogens with zero attached hydrogens (tertiary/aromatic N) is 1. The summed E-state index contributed by atoms with van der Waals surface area (Å²) in [5.74, 6) is -0.325. The smallest absolute Gasteiger partial charge is 0.350 e. The minimum absolute atomic E-state index is 0.325. The van der Waals surface area contributed by atoms with Crippen LogP contribution < -0.4 is 5.73 Å². The number of aromatic nitrogens is 1. The maximum Gasteiger partial charge on any atom is 0.350 e. The van der Waals surface area contributed by atoms with E-state index < -0.39 is 0 Å². The van der Waals surface area contributed by atoms with E-state index in [4.69, 9.17) is 15.5 Å². The van der Waals surface area contributed by atoms with E-state index in [-0.39, 0.29) is 5.97 Å². The zero-order valence-corrected chi connectivity index (χ0v) is 16.5. The Labute approximate surface area is 161 Å². The van der Waals surface area contributed by atoms with Crippen LogP contribution in [0, 0.1) is 0 Å². The Morgan fingerprint density at radius 1 is 1.35 bits per heavy atom. The van der Waals surface area contributed by atoms with Gasteiger partial charge in [0.1, 0.15) is 9.71 Å². The first-order chi connectivity index (χ1) is 12.7. The van der Waals surface area contributed by atoms with Crippen molar-refractivity contribution < 1.29 is 9.53 Å². The third-order valence-electron chi connectivity index (χ3n) is 4.84. The molecule has 6 heteroatoms. The summed E-state index contributed by atoms with van der Waals surface area (Å²) >= 11 is 3.08. The summed E-state index contributed by atoms with van der Waals surface area (Å²) in [5, 5.41) is 3.01. The average molecular weight is 387 g/mol. The molecule has 0 radical (unpaired) electrons. The van der Waals surface area contributed by atoms with Crippen molar-refractivity contribution in [1.82, 2.24) is 4.98 Å². The molecule has 4 rings (SSSR count). The van der Waals surface area contributed by atoms with Gasteiger partial charge in [0.05, 0.1) is 12.3 Å². The van der Waals surface area contributed by atoms with Crippen LogP contribution in [0.2, 0.25) is 0 Å². The fraction of sp³-hybridized carbons (Fsp3) is 0.400. The van der Waals surface area contributed by atoms with Crippen LogP contribution in [-0.2, 0) is 17.6 Å². The van der Waals surface area contributed by atoms with Crippen LogP contribution in [-0.4, -0.2) is 17.6 Å². The Morgan fingerprint density at radius 2 is 2.19 bits per heavy atom. The molecular weight excluding hydrogens is 364 g/mol. The Kier molecular flexibility index (Phi) is 4.96. The highest BCUT2D eigenvalue weighted by Gasteiger charge is 2.26. The number of carbonyl (C=O) groups excluding carboxylic acids is 1. The molecule has 1 aliphatic carbocycles. The second kappa shape index (κ2) is 7.37. The second-order valence-corrected chi connectivity index (χ2v) is 8.56. The molecule has 0 aliphatic heterocycles. The largest absolute Gasteiger partial charge is 0.461 e. The minimum Gasteiger partial charge on any atom is -0.461 e. The Morgan fingerprint density at radius 3 is 2.96 bits per heavy atom. The second-order valence-electron chi connectivity index (χ2n) is 6.61. The molecule has 3 aromatic rings. The molecule has 3 aromatic heterocycles. The molecule has 0 atom stereocenters. The zero-order valence-electron chi connectivity index (χ0n) is 14.8. The molecule has 0 fully saturated rings. The monoisotopic (exact) mass is 386 g/mol. The van der Waals surface area contributed by atoms with Gasteiger partial charge in [-0.2, -0.15) is 0 Å². The molecule has 3 heterocycles. The maximum atomic E-state index is 12.5. The Balaban J connectivity index is 1.88. The Hall–Kier alpha value is -1.92. The number of ether oxygens (including phenoxy) is 1. The molecule has 0 bridgehead atoms. The first kappa shape index (κ1) is 17.5. The van der Waals surface area contributed by atoms with Crippen molar-refractivity contribution in [3.05, 3.63) is 33.6 Å². The van der Waals surface area contributed by atoms with E-state index in [1.807, 2.05) is 0 Å². The van der Waals surface area contributed by atoms with Crippen LogP contribution in [0.15, 0.2) is 17.5 Å². The number of aryl methyl sites for hydroxylation is 1. The van der Waals surface area contributed by atoms with E-state index in [2.05, 4.69) is 24.4 Å². The summed E-state index contributed by atoms with van der Waals surface area (Å²) in [6.07, 6.45) is 6.22. The molecule has 4 nitrogen and oxygen atoms in total. The van der Waals surface area contributed by atoms with Crippen molar-refractivity contribution in [3.8, 4) is 10.4 Å². The van der Waals surface area contributed by atoms with Gasteiger partial charge in [-0.15, -0.1) is 22.7 Å². The lowest BCUT2D eigenvalue weighted by atomic mass is 9.90. The number of thiophene rings is 2. The van der Waals surface area contributed by atoms with E-state index in [9.17, 15) is 4.79 Å². The van der Waals surface area contributed by atoms with E-state index in [0.717, 1.165) is 35.9 Å². The molecule has 0 saturated heterocycles. The molecule has 1 aliphatic rings. The molecule has 2 N–H and O–H groups in total. The predicted octanol–water partition coefficient (Wildman–Crippen LogP) is 5.44. The van der Waals surface area contributed by atoms with Crippen LogP contribution in [0.5, 0.6) is 0 Å². The molecule has 0 spiro atoms. The third kappa shape index (κ3) is 3.01. The van der Waals surface area contributed by atoms with Gasteiger partial charge in [0.15, 0.2) is 0 Å². The van der Waals surface area contributed by atoms with Crippen LogP contribution in [0.3, 0.4) is 0 Å². The van der Waals surface area contributed by atoms with Gasteiger partial charge < -0.3 is 10.5 Å². The van der Waals surface area contributed by atoms with Crippen molar-refractivity contribution >= 4 is 44.5 Å². The number of anilines is 1. The number of carbonyl (C=O) groups is 1. The van der Waals surface area contributed by atoms with Crippen LogP contribution in [0.25, 0.3) is 20.7 Å². The molecule has 136 valence electrons. The molecule has 0 saturated carbocycles. The van der Waals surface area contributed by atoms with Gasteiger partial charge in [-0.05, 0) is 49.1 Å². The maximum absolute atomic E-state index is 12.5. The number of esters is 1. The van der Waals surface area contributed by atoms with Crippen LogP contribution >= 0.6 is 22.7 Å². The first-order valence-corrected chi connectivity index (χ1v) is 10.8. The van der Waals surface area contributed by atoms with Crippen molar-refractivity contribution in [1.29, 1.82) is 0 Å². The fourth-order valence-electron chi connectivity index (χ4n) is 3.53. The zero-order chi connectivity index (χ0) is 18.1. The summed E-state index contributed by atoms with van der Waals surface area (Å²) in [4.78, 5) is 19.9. The summed E-state index contributed by atoms with van der Waals surface area (Å²) in [5.41, 5.74) is 10.6. The standard InChI is InChI=1S/C20H22N2O2S2/c1-2-3-10-24-20(23)18-17(21)16-15(14-9-6-11-25-14)12-7-4-5-8-13(12)22-19(16)26-18/h6,9,11H,2-5,7-8,10,21H2,1H3. The predicted molar refractivity (Wildman–Crippen MR) is 109 cm³/mol. The minimum atomic E-state index is -0.325. The van der Waals surface area contributed by atoms with Crippen molar-refractivity contribution in [2.75, 3.05) is 12.3 Å². The summed E-state index contributed by atoms with van der Waals surface area (Å²) < 4.78 is 5.40. The van der Waals surface area contributed by atoms with Crippen molar-refractivity contribution in [3.63, 3.8) is 0 Å². The number of hydrogen-bond donors (Lipinski definition) is 1. The molecule has 0 aromatic carbocycles. The highest BCUT2D eigenvalue weighted by atomic mass is 32.1. The lowest BCUT2D eigenvalue weighted by molar-refractivity contribution is 0.0506. The van der Waals surface area contributed by atoms with Crippen LogP contribution in [0.1, 0.15) is 53.5 Å². The van der Waals surface area contributed by atoms with Gasteiger partial charge in [-0.25, -0.2) is 9.78 Å². The summed E-state index contributed by atoms with van der Waals surface area (Å²) in [6, 6.07) is 4.19. The van der Waals surface area contributed by atoms with Gasteiger partial charge in [-0.3, -0.25) is 0 Å². The van der Waals surface area contributed by atoms with Crippen LogP contribution in [0.4, 0.5) is 5.69 Å². The number of rotatable bonds is 5. The number of nitrogens with two attached hydrogens (primary N) is 1. The lowest BCUT2D eigenvalue weighted by Gasteiger charge is -2.19. The highest BCUT2D eigenvalue weighted by molar-refractivity contribution is 7.21. The Bertz CT molecular complexity index is 945. The average Bonchev–Trinajstić information content (AvgIpc) is 3.29. The number of unbranched alkanes of at least 4 members (excludes halogenated alkanes) is 1.